The van der Waals surface area contributed by atoms with Crippen molar-refractivity contribution >= 4 is 11.7 Å². The number of aliphatic hydroxyl groups is 1. The van der Waals surface area contributed by atoms with Gasteiger partial charge in [-0.1, -0.05) is 0 Å². The number of ether oxygens (including phenoxy) is 1. The molecule has 5 nitrogen and oxygen atoms in total. The number of methoxy groups -OCH3 is 1. The summed E-state index contributed by atoms with van der Waals surface area (Å²) in [5.41, 5.74) is 0.108. The Kier molecular flexibility index (Phi) is 5.01. The van der Waals surface area contributed by atoms with E-state index in [2.05, 4.69) is 5.32 Å². The van der Waals surface area contributed by atoms with Gasteiger partial charge in [-0.25, -0.2) is 9.18 Å². The predicted octanol–water partition coefficient (Wildman–Crippen LogP) is 2.46. The average molecular weight is 296 g/mol. The molecule has 1 saturated heterocycles. The van der Waals surface area contributed by atoms with Crippen LogP contribution >= 0.6 is 0 Å². The first kappa shape index (κ1) is 15.6. The van der Waals surface area contributed by atoms with Crippen LogP contribution in [0.1, 0.15) is 19.8 Å². The minimum atomic E-state index is -0.497. The number of urea groups is 1. The van der Waals surface area contributed by atoms with Crippen molar-refractivity contribution in [2.24, 2.45) is 5.92 Å². The number of amides is 2. The van der Waals surface area contributed by atoms with Gasteiger partial charge < -0.3 is 20.1 Å². The van der Waals surface area contributed by atoms with Crippen molar-refractivity contribution < 1.29 is 19.0 Å². The molecule has 1 aliphatic heterocycles. The first-order valence-corrected chi connectivity index (χ1v) is 7.08. The fourth-order valence-corrected chi connectivity index (χ4v) is 2.51. The lowest BCUT2D eigenvalue weighted by Crippen LogP contribution is -2.42. The van der Waals surface area contributed by atoms with Crippen molar-refractivity contribution in [2.45, 2.75) is 25.9 Å². The lowest BCUT2D eigenvalue weighted by molar-refractivity contribution is 0.0820. The first-order valence-electron chi connectivity index (χ1n) is 7.08. The number of carbonyl (C=O) groups is 1. The Morgan fingerprint density at radius 2 is 2.14 bits per heavy atom. The van der Waals surface area contributed by atoms with Gasteiger partial charge in [0.25, 0.3) is 0 Å². The summed E-state index contributed by atoms with van der Waals surface area (Å²) in [5, 5.41) is 12.1. The number of benzene rings is 1. The number of anilines is 1. The molecular formula is C15H21FN2O3. The maximum Gasteiger partial charge on any atom is 0.321 e. The van der Waals surface area contributed by atoms with E-state index < -0.39 is 5.82 Å². The van der Waals surface area contributed by atoms with Gasteiger partial charge >= 0.3 is 6.03 Å². The van der Waals surface area contributed by atoms with Crippen LogP contribution in [0.15, 0.2) is 18.2 Å². The number of hydrogen-bond acceptors (Lipinski definition) is 3. The molecule has 2 rings (SSSR count). The fourth-order valence-electron chi connectivity index (χ4n) is 2.51. The van der Waals surface area contributed by atoms with Gasteiger partial charge in [-0.15, -0.1) is 0 Å². The predicted molar refractivity (Wildman–Crippen MR) is 77.9 cm³/mol. The lowest BCUT2D eigenvalue weighted by Gasteiger charge is -2.33. The number of likely N-dealkylation sites (tertiary alicyclic amines) is 1. The maximum absolute atomic E-state index is 13.7. The van der Waals surface area contributed by atoms with Crippen molar-refractivity contribution in [1.29, 1.82) is 0 Å². The highest BCUT2D eigenvalue weighted by atomic mass is 19.1. The lowest BCUT2D eigenvalue weighted by atomic mass is 9.92. The van der Waals surface area contributed by atoms with Crippen molar-refractivity contribution in [1.82, 2.24) is 4.90 Å². The molecule has 21 heavy (non-hydrogen) atoms. The molecule has 6 heteroatoms. The number of hydrogen-bond donors (Lipinski definition) is 2. The van der Waals surface area contributed by atoms with Crippen molar-refractivity contribution in [3.05, 3.63) is 24.0 Å². The summed E-state index contributed by atoms with van der Waals surface area (Å²) >= 11 is 0. The van der Waals surface area contributed by atoms with E-state index in [1.165, 1.54) is 25.3 Å². The molecule has 0 bridgehead atoms. The van der Waals surface area contributed by atoms with Crippen LogP contribution in [0, 0.1) is 11.7 Å². The summed E-state index contributed by atoms with van der Waals surface area (Å²) < 4.78 is 18.7. The van der Waals surface area contributed by atoms with Gasteiger partial charge in [0.2, 0.25) is 0 Å². The van der Waals surface area contributed by atoms with E-state index >= 15 is 0 Å². The highest BCUT2D eigenvalue weighted by Gasteiger charge is 2.25. The second-order valence-corrected chi connectivity index (χ2v) is 5.34. The third kappa shape index (κ3) is 3.85. The SMILES string of the molecule is COc1ccc(F)c(NC(=O)N2CCC(C(C)O)CC2)c1. The molecule has 1 unspecified atom stereocenters. The van der Waals surface area contributed by atoms with Crippen LogP contribution < -0.4 is 10.1 Å². The molecule has 1 aliphatic rings. The van der Waals surface area contributed by atoms with Crippen LogP contribution in [0.2, 0.25) is 0 Å². The molecule has 0 aromatic heterocycles. The Hall–Kier alpha value is -1.82. The van der Waals surface area contributed by atoms with Gasteiger partial charge in [0.1, 0.15) is 11.6 Å². The van der Waals surface area contributed by atoms with E-state index in [9.17, 15) is 14.3 Å². The summed E-state index contributed by atoms with van der Waals surface area (Å²) in [4.78, 5) is 13.8. The van der Waals surface area contributed by atoms with Crippen molar-refractivity contribution in [2.75, 3.05) is 25.5 Å². The molecule has 1 atom stereocenters. The van der Waals surface area contributed by atoms with E-state index in [0.717, 1.165) is 12.8 Å². The van der Waals surface area contributed by atoms with E-state index in [0.29, 0.717) is 18.8 Å². The Bertz CT molecular complexity index is 500. The standard InChI is InChI=1S/C15H21FN2O3/c1-10(19)11-5-7-18(8-6-11)15(20)17-14-9-12(21-2)3-4-13(14)16/h3-4,9-11,19H,5-8H2,1-2H3,(H,17,20). The molecule has 1 aromatic rings. The Labute approximate surface area is 123 Å². The van der Waals surface area contributed by atoms with E-state index in [-0.39, 0.29) is 23.7 Å². The van der Waals surface area contributed by atoms with Crippen LogP contribution in [-0.4, -0.2) is 42.3 Å². The first-order chi connectivity index (χ1) is 10.0. The zero-order valence-electron chi connectivity index (χ0n) is 12.3. The average Bonchev–Trinajstić information content (AvgIpc) is 2.49. The van der Waals surface area contributed by atoms with Crippen LogP contribution in [0.3, 0.4) is 0 Å². The molecule has 1 aromatic carbocycles. The summed E-state index contributed by atoms with van der Waals surface area (Å²) in [7, 11) is 1.49. The topological polar surface area (TPSA) is 61.8 Å². The van der Waals surface area contributed by atoms with Gasteiger partial charge in [0.05, 0.1) is 18.9 Å². The number of carbonyl (C=O) groups excluding carboxylic acids is 1. The van der Waals surface area contributed by atoms with Gasteiger partial charge in [0, 0.05) is 19.2 Å². The van der Waals surface area contributed by atoms with Crippen LogP contribution in [0.4, 0.5) is 14.9 Å². The third-order valence-electron chi connectivity index (χ3n) is 3.92. The highest BCUT2D eigenvalue weighted by molar-refractivity contribution is 5.89. The number of piperidine rings is 1. The zero-order valence-corrected chi connectivity index (χ0v) is 12.3. The summed E-state index contributed by atoms with van der Waals surface area (Å²) in [5.74, 6) is 0.213. The number of aliphatic hydroxyl groups excluding tert-OH is 1. The van der Waals surface area contributed by atoms with Gasteiger partial charge in [-0.3, -0.25) is 0 Å². The molecule has 1 heterocycles. The Morgan fingerprint density at radius 1 is 1.48 bits per heavy atom. The molecule has 1 fully saturated rings. The van der Waals surface area contributed by atoms with Gasteiger partial charge in [0.15, 0.2) is 0 Å². The molecule has 0 aliphatic carbocycles. The second-order valence-electron chi connectivity index (χ2n) is 5.34. The van der Waals surface area contributed by atoms with Crippen LogP contribution in [0.5, 0.6) is 5.75 Å². The van der Waals surface area contributed by atoms with E-state index in [1.54, 1.807) is 11.8 Å². The van der Waals surface area contributed by atoms with Crippen molar-refractivity contribution in [3.8, 4) is 5.75 Å². The number of nitrogens with zero attached hydrogens (tertiary/aromatic N) is 1. The molecule has 2 N–H and O–H groups in total. The summed E-state index contributed by atoms with van der Waals surface area (Å²) in [6.07, 6.45) is 1.16. The third-order valence-corrected chi connectivity index (χ3v) is 3.92. The zero-order chi connectivity index (χ0) is 15.4. The maximum atomic E-state index is 13.7. The monoisotopic (exact) mass is 296 g/mol. The number of rotatable bonds is 3. The normalized spacial score (nSPS) is 17.4. The smallest absolute Gasteiger partial charge is 0.321 e. The molecule has 2 amide bonds. The highest BCUT2D eigenvalue weighted by Crippen LogP contribution is 2.24. The quantitative estimate of drug-likeness (QED) is 0.900. The minimum absolute atomic E-state index is 0.108. The molecule has 116 valence electrons. The number of nitrogens with one attached hydrogen (secondary N) is 1. The van der Waals surface area contributed by atoms with E-state index in [4.69, 9.17) is 4.74 Å². The Morgan fingerprint density at radius 3 is 2.71 bits per heavy atom. The largest absolute Gasteiger partial charge is 0.497 e. The summed E-state index contributed by atoms with van der Waals surface area (Å²) in [6.45, 7) is 2.89. The molecule has 0 radical (unpaired) electrons. The molecular weight excluding hydrogens is 275 g/mol. The molecule has 0 saturated carbocycles. The van der Waals surface area contributed by atoms with Crippen LogP contribution in [-0.2, 0) is 0 Å². The molecule has 0 spiro atoms. The second kappa shape index (κ2) is 6.76. The minimum Gasteiger partial charge on any atom is -0.497 e. The van der Waals surface area contributed by atoms with Crippen LogP contribution in [0.25, 0.3) is 0 Å². The van der Waals surface area contributed by atoms with Gasteiger partial charge in [-0.05, 0) is 37.8 Å². The van der Waals surface area contributed by atoms with Gasteiger partial charge in [-0.2, -0.15) is 0 Å². The Balaban J connectivity index is 1.96. The van der Waals surface area contributed by atoms with E-state index in [1.807, 2.05) is 0 Å². The fraction of sp³-hybridized carbons (Fsp3) is 0.533. The van der Waals surface area contributed by atoms with Crippen molar-refractivity contribution in [3.63, 3.8) is 0 Å². The number of halogens is 1. The summed E-state index contributed by atoms with van der Waals surface area (Å²) in [6, 6.07) is 3.88.